The fourth-order valence-electron chi connectivity index (χ4n) is 4.32. The molecule has 1 fully saturated rings. The van der Waals surface area contributed by atoms with Crippen molar-refractivity contribution < 1.29 is 23.8 Å². The number of methoxy groups -OCH3 is 2. The molecule has 1 aliphatic rings. The van der Waals surface area contributed by atoms with E-state index < -0.39 is 17.1 Å². The van der Waals surface area contributed by atoms with Crippen LogP contribution in [0.3, 0.4) is 0 Å². The number of imide groups is 1. The Morgan fingerprint density at radius 2 is 1.88 bits per heavy atom. The number of carbonyl (C=O) groups is 2. The Morgan fingerprint density at radius 3 is 2.52 bits per heavy atom. The van der Waals surface area contributed by atoms with Crippen LogP contribution in [0.5, 0.6) is 11.8 Å². The SMILES string of the molecule is COc1nc2c(C3(Cc4ccncc4)CCN(C(=O)OC(C)(C)C)C3=O)ccc(OC)c2[nH]1. The van der Waals surface area contributed by atoms with Crippen molar-refractivity contribution in [3.8, 4) is 11.8 Å². The third-order valence-electron chi connectivity index (χ3n) is 5.80. The van der Waals surface area contributed by atoms with Crippen molar-refractivity contribution in [1.82, 2.24) is 19.9 Å². The molecule has 0 radical (unpaired) electrons. The number of hydrogen-bond acceptors (Lipinski definition) is 7. The van der Waals surface area contributed by atoms with Crippen molar-refractivity contribution in [3.63, 3.8) is 0 Å². The van der Waals surface area contributed by atoms with Gasteiger partial charge in [-0.05, 0) is 62.9 Å². The van der Waals surface area contributed by atoms with Gasteiger partial charge in [0.15, 0.2) is 0 Å². The first-order chi connectivity index (χ1) is 15.7. The van der Waals surface area contributed by atoms with Gasteiger partial charge in [0.25, 0.3) is 6.01 Å². The number of aromatic nitrogens is 3. The smallest absolute Gasteiger partial charge is 0.417 e. The molecular formula is C24H28N4O5. The summed E-state index contributed by atoms with van der Waals surface area (Å²) < 4.78 is 16.3. The first-order valence-corrected chi connectivity index (χ1v) is 10.7. The second kappa shape index (κ2) is 8.38. The molecular weight excluding hydrogens is 424 g/mol. The van der Waals surface area contributed by atoms with Crippen LogP contribution in [-0.4, -0.2) is 58.2 Å². The summed E-state index contributed by atoms with van der Waals surface area (Å²) in [6, 6.07) is 7.70. The van der Waals surface area contributed by atoms with E-state index in [0.29, 0.717) is 41.2 Å². The third-order valence-corrected chi connectivity index (χ3v) is 5.80. The number of rotatable bonds is 5. The monoisotopic (exact) mass is 452 g/mol. The zero-order valence-corrected chi connectivity index (χ0v) is 19.5. The number of nitrogens with one attached hydrogen (secondary N) is 1. The van der Waals surface area contributed by atoms with Crippen LogP contribution in [-0.2, 0) is 21.4 Å². The summed E-state index contributed by atoms with van der Waals surface area (Å²) in [5.41, 5.74) is 1.09. The molecule has 33 heavy (non-hydrogen) atoms. The summed E-state index contributed by atoms with van der Waals surface area (Å²) >= 11 is 0. The molecule has 9 nitrogen and oxygen atoms in total. The number of likely N-dealkylation sites (tertiary alicyclic amines) is 1. The molecule has 1 N–H and O–H groups in total. The van der Waals surface area contributed by atoms with Gasteiger partial charge in [-0.25, -0.2) is 9.69 Å². The van der Waals surface area contributed by atoms with Gasteiger partial charge in [0, 0.05) is 18.9 Å². The molecule has 0 aliphatic carbocycles. The van der Waals surface area contributed by atoms with Gasteiger partial charge in [-0.3, -0.25) is 9.78 Å². The van der Waals surface area contributed by atoms with E-state index in [1.165, 1.54) is 12.0 Å². The number of fused-ring (bicyclic) bond motifs is 1. The van der Waals surface area contributed by atoms with Crippen LogP contribution in [0, 0.1) is 0 Å². The lowest BCUT2D eigenvalue weighted by molar-refractivity contribution is -0.131. The molecule has 2 aromatic heterocycles. The van der Waals surface area contributed by atoms with Gasteiger partial charge in [0.2, 0.25) is 5.91 Å². The maximum atomic E-state index is 13.9. The molecule has 1 saturated heterocycles. The molecule has 1 atom stereocenters. The number of amides is 2. The summed E-state index contributed by atoms with van der Waals surface area (Å²) in [6.07, 6.45) is 3.53. The summed E-state index contributed by atoms with van der Waals surface area (Å²) in [4.78, 5) is 39.8. The standard InChI is InChI=1S/C24H28N4O5/c1-23(2,3)33-22(30)28-13-10-24(20(28)29,14-15-8-11-25-12-9-15)16-6-7-17(31-4)19-18(16)26-21(27-19)32-5/h6-9,11-12H,10,13-14H2,1-5H3,(H,26,27). The number of nitrogens with zero attached hydrogens (tertiary/aromatic N) is 3. The Hall–Kier alpha value is -3.62. The fraction of sp³-hybridized carbons (Fsp3) is 0.417. The van der Waals surface area contributed by atoms with Gasteiger partial charge < -0.3 is 19.2 Å². The van der Waals surface area contributed by atoms with Crippen LogP contribution in [0.15, 0.2) is 36.7 Å². The van der Waals surface area contributed by atoms with Crippen molar-refractivity contribution in [2.45, 2.75) is 44.6 Å². The fourth-order valence-corrected chi connectivity index (χ4v) is 4.32. The molecule has 1 aliphatic heterocycles. The van der Waals surface area contributed by atoms with Crippen LogP contribution in [0.2, 0.25) is 0 Å². The van der Waals surface area contributed by atoms with E-state index in [1.807, 2.05) is 18.2 Å². The third kappa shape index (κ3) is 4.10. The molecule has 174 valence electrons. The highest BCUT2D eigenvalue weighted by Gasteiger charge is 2.52. The molecule has 1 unspecified atom stereocenters. The summed E-state index contributed by atoms with van der Waals surface area (Å²) in [5.74, 6) is 0.264. The first kappa shape index (κ1) is 22.6. The van der Waals surface area contributed by atoms with Crippen molar-refractivity contribution >= 4 is 23.0 Å². The average Bonchev–Trinajstić information content (AvgIpc) is 3.35. The van der Waals surface area contributed by atoms with Gasteiger partial charge in [0.1, 0.15) is 22.4 Å². The van der Waals surface area contributed by atoms with E-state index >= 15 is 0 Å². The number of H-pyrrole nitrogens is 1. The van der Waals surface area contributed by atoms with Gasteiger partial charge in [-0.2, -0.15) is 4.98 Å². The van der Waals surface area contributed by atoms with E-state index in [-0.39, 0.29) is 12.5 Å². The van der Waals surface area contributed by atoms with E-state index in [4.69, 9.17) is 14.2 Å². The predicted molar refractivity (Wildman–Crippen MR) is 121 cm³/mol. The summed E-state index contributed by atoms with van der Waals surface area (Å²) in [5, 5.41) is 0. The summed E-state index contributed by atoms with van der Waals surface area (Å²) in [6.45, 7) is 5.57. The maximum absolute atomic E-state index is 13.9. The van der Waals surface area contributed by atoms with Crippen LogP contribution in [0.4, 0.5) is 4.79 Å². The highest BCUT2D eigenvalue weighted by Crippen LogP contribution is 2.44. The normalized spacial score (nSPS) is 18.6. The van der Waals surface area contributed by atoms with Gasteiger partial charge in [-0.1, -0.05) is 6.07 Å². The van der Waals surface area contributed by atoms with Crippen LogP contribution < -0.4 is 9.47 Å². The molecule has 0 spiro atoms. The molecule has 3 heterocycles. The predicted octanol–water partition coefficient (Wildman–Crippen LogP) is 3.62. The highest BCUT2D eigenvalue weighted by atomic mass is 16.6. The number of carbonyl (C=O) groups excluding carboxylic acids is 2. The number of hydrogen-bond donors (Lipinski definition) is 1. The van der Waals surface area contributed by atoms with Crippen molar-refractivity contribution in [1.29, 1.82) is 0 Å². The maximum Gasteiger partial charge on any atom is 0.417 e. The minimum Gasteiger partial charge on any atom is -0.494 e. The van der Waals surface area contributed by atoms with Crippen molar-refractivity contribution in [2.75, 3.05) is 20.8 Å². The lowest BCUT2D eigenvalue weighted by Crippen LogP contribution is -2.44. The second-order valence-electron chi connectivity index (χ2n) is 9.09. The molecule has 1 aromatic carbocycles. The Balaban J connectivity index is 1.86. The highest BCUT2D eigenvalue weighted by molar-refractivity contribution is 6.03. The van der Waals surface area contributed by atoms with Gasteiger partial charge in [0.05, 0.1) is 19.6 Å². The van der Waals surface area contributed by atoms with E-state index in [1.54, 1.807) is 46.3 Å². The van der Waals surface area contributed by atoms with E-state index in [0.717, 1.165) is 5.56 Å². The largest absolute Gasteiger partial charge is 0.494 e. The number of aromatic amines is 1. The number of ether oxygens (including phenoxy) is 3. The minimum atomic E-state index is -1.02. The van der Waals surface area contributed by atoms with Crippen molar-refractivity contribution in [2.24, 2.45) is 0 Å². The van der Waals surface area contributed by atoms with Gasteiger partial charge in [-0.15, -0.1) is 0 Å². The zero-order valence-electron chi connectivity index (χ0n) is 19.5. The number of benzene rings is 1. The van der Waals surface area contributed by atoms with Crippen LogP contribution in [0.25, 0.3) is 11.0 Å². The molecule has 3 aromatic rings. The Kier molecular flexibility index (Phi) is 5.73. The van der Waals surface area contributed by atoms with Gasteiger partial charge >= 0.3 is 6.09 Å². The minimum absolute atomic E-state index is 0.244. The Bertz CT molecular complexity index is 1180. The Labute approximate surface area is 192 Å². The van der Waals surface area contributed by atoms with E-state index in [9.17, 15) is 9.59 Å². The molecule has 9 heteroatoms. The first-order valence-electron chi connectivity index (χ1n) is 10.7. The zero-order chi connectivity index (χ0) is 23.8. The quantitative estimate of drug-likeness (QED) is 0.630. The lowest BCUT2D eigenvalue weighted by atomic mass is 9.73. The second-order valence-corrected chi connectivity index (χ2v) is 9.09. The van der Waals surface area contributed by atoms with E-state index in [2.05, 4.69) is 15.0 Å². The number of pyridine rings is 1. The molecule has 2 amide bonds. The Morgan fingerprint density at radius 1 is 1.15 bits per heavy atom. The molecule has 0 bridgehead atoms. The molecule has 4 rings (SSSR count). The average molecular weight is 453 g/mol. The summed E-state index contributed by atoms with van der Waals surface area (Å²) in [7, 11) is 3.08. The van der Waals surface area contributed by atoms with Crippen LogP contribution >= 0.6 is 0 Å². The number of imidazole rings is 1. The van der Waals surface area contributed by atoms with Crippen molar-refractivity contribution in [3.05, 3.63) is 47.8 Å². The topological polar surface area (TPSA) is 107 Å². The molecule has 0 saturated carbocycles. The lowest BCUT2D eigenvalue weighted by Gasteiger charge is -2.29. The van der Waals surface area contributed by atoms with Crippen LogP contribution in [0.1, 0.15) is 38.3 Å².